The molecule has 1 fully saturated rings. The van der Waals surface area contributed by atoms with Crippen molar-refractivity contribution in [1.29, 1.82) is 0 Å². The first kappa shape index (κ1) is 14.2. The molecule has 2 heterocycles. The zero-order chi connectivity index (χ0) is 12.8. The largest absolute Gasteiger partial charge is 0.378 e. The van der Waals surface area contributed by atoms with Gasteiger partial charge in [0.2, 0.25) is 0 Å². The number of ether oxygens (including phenoxy) is 1. The van der Waals surface area contributed by atoms with Gasteiger partial charge < -0.3 is 10.1 Å². The van der Waals surface area contributed by atoms with Crippen LogP contribution in [0.3, 0.4) is 0 Å². The lowest BCUT2D eigenvalue weighted by molar-refractivity contribution is 0.105. The Morgan fingerprint density at radius 3 is 2.94 bits per heavy atom. The first-order valence-electron chi connectivity index (χ1n) is 7.40. The lowest BCUT2D eigenvalue weighted by Gasteiger charge is -2.18. The Bertz CT molecular complexity index is 273. The molecule has 0 aromatic carbocycles. The van der Waals surface area contributed by atoms with Crippen molar-refractivity contribution in [1.82, 2.24) is 5.32 Å². The van der Waals surface area contributed by atoms with Crippen molar-refractivity contribution in [2.24, 2.45) is 10.9 Å². The predicted octanol–water partition coefficient (Wildman–Crippen LogP) is 3.05. The Labute approximate surface area is 115 Å². The maximum atomic E-state index is 5.63. The molecule has 1 N–H and O–H groups in total. The van der Waals surface area contributed by atoms with Crippen molar-refractivity contribution in [2.75, 3.05) is 19.7 Å². The van der Waals surface area contributed by atoms with Crippen molar-refractivity contribution in [2.45, 2.75) is 57.3 Å². The summed E-state index contributed by atoms with van der Waals surface area (Å²) in [4.78, 5) is 4.63. The molecule has 2 aliphatic heterocycles. The molecule has 1 saturated heterocycles. The third-order valence-electron chi connectivity index (χ3n) is 4.02. The number of nitrogens with zero attached hydrogens (tertiary/aromatic N) is 1. The van der Waals surface area contributed by atoms with Crippen molar-refractivity contribution in [3.8, 4) is 0 Å². The van der Waals surface area contributed by atoms with E-state index in [0.717, 1.165) is 37.2 Å². The van der Waals surface area contributed by atoms with E-state index in [1.54, 1.807) is 0 Å². The number of rotatable bonds is 6. The highest BCUT2D eigenvalue weighted by molar-refractivity contribution is 8.14. The van der Waals surface area contributed by atoms with E-state index in [1.165, 1.54) is 25.7 Å². The monoisotopic (exact) mass is 270 g/mol. The van der Waals surface area contributed by atoms with Gasteiger partial charge in [-0.1, -0.05) is 38.5 Å². The molecule has 0 aromatic heterocycles. The first-order valence-corrected chi connectivity index (χ1v) is 8.28. The summed E-state index contributed by atoms with van der Waals surface area (Å²) in [6.45, 7) is 7.54. The summed E-state index contributed by atoms with van der Waals surface area (Å²) >= 11 is 1.95. The summed E-state index contributed by atoms with van der Waals surface area (Å²) in [5.74, 6) is 0.816. The second kappa shape index (κ2) is 7.39. The standard InChI is InChI=1S/C14H26N2OS/c1-3-11(4-2)13-10-16-14(18-13)15-8-7-12-6-5-9-17-12/h11-13H,3-10H2,1-2H3,(H,15,16). The molecular formula is C14H26N2OS. The lowest BCUT2D eigenvalue weighted by Crippen LogP contribution is -2.25. The molecule has 18 heavy (non-hydrogen) atoms. The fourth-order valence-electron chi connectivity index (χ4n) is 2.76. The minimum Gasteiger partial charge on any atom is -0.378 e. The van der Waals surface area contributed by atoms with E-state index in [9.17, 15) is 0 Å². The van der Waals surface area contributed by atoms with Crippen LogP contribution in [0, 0.1) is 5.92 Å². The van der Waals surface area contributed by atoms with Crippen LogP contribution in [0.25, 0.3) is 0 Å². The molecule has 104 valence electrons. The molecule has 2 rings (SSSR count). The van der Waals surface area contributed by atoms with E-state index < -0.39 is 0 Å². The van der Waals surface area contributed by atoms with Gasteiger partial charge in [0.05, 0.1) is 12.6 Å². The van der Waals surface area contributed by atoms with E-state index in [4.69, 9.17) is 4.74 Å². The molecule has 2 aliphatic rings. The van der Waals surface area contributed by atoms with E-state index in [-0.39, 0.29) is 0 Å². The summed E-state index contributed by atoms with van der Waals surface area (Å²) < 4.78 is 5.63. The van der Waals surface area contributed by atoms with Crippen molar-refractivity contribution in [3.05, 3.63) is 0 Å². The number of thioether (sulfide) groups is 1. The molecule has 0 radical (unpaired) electrons. The second-order valence-electron chi connectivity index (χ2n) is 5.23. The van der Waals surface area contributed by atoms with Gasteiger partial charge in [-0.05, 0) is 25.2 Å². The Morgan fingerprint density at radius 1 is 1.44 bits per heavy atom. The molecular weight excluding hydrogens is 244 g/mol. The summed E-state index contributed by atoms with van der Waals surface area (Å²) in [7, 11) is 0. The molecule has 0 aliphatic carbocycles. The molecule has 0 spiro atoms. The van der Waals surface area contributed by atoms with Gasteiger partial charge in [0.15, 0.2) is 5.17 Å². The van der Waals surface area contributed by atoms with E-state index in [1.807, 2.05) is 11.8 Å². The summed E-state index contributed by atoms with van der Waals surface area (Å²) in [5, 5.41) is 5.33. The van der Waals surface area contributed by atoms with Crippen LogP contribution >= 0.6 is 11.8 Å². The highest BCUT2D eigenvalue weighted by atomic mass is 32.2. The fourth-order valence-corrected chi connectivity index (χ4v) is 4.11. The van der Waals surface area contributed by atoms with Gasteiger partial charge in [0, 0.05) is 18.4 Å². The zero-order valence-corrected chi connectivity index (χ0v) is 12.5. The maximum absolute atomic E-state index is 5.63. The SMILES string of the molecule is CCC(CC)C1CN=C(NCCC2CCCO2)S1. The lowest BCUT2D eigenvalue weighted by atomic mass is 9.99. The van der Waals surface area contributed by atoms with Crippen LogP contribution in [0.5, 0.6) is 0 Å². The smallest absolute Gasteiger partial charge is 0.156 e. The number of amidine groups is 1. The number of hydrogen-bond donors (Lipinski definition) is 1. The molecule has 0 saturated carbocycles. The van der Waals surface area contributed by atoms with Crippen LogP contribution in [0.15, 0.2) is 4.99 Å². The number of nitrogens with one attached hydrogen (secondary N) is 1. The number of hydrogen-bond acceptors (Lipinski definition) is 4. The highest BCUT2D eigenvalue weighted by Gasteiger charge is 2.25. The van der Waals surface area contributed by atoms with Gasteiger partial charge in [-0.3, -0.25) is 4.99 Å². The Kier molecular flexibility index (Phi) is 5.83. The molecule has 2 atom stereocenters. The fraction of sp³-hybridized carbons (Fsp3) is 0.929. The molecule has 0 amide bonds. The summed E-state index contributed by atoms with van der Waals surface area (Å²) in [5.41, 5.74) is 0. The quantitative estimate of drug-likeness (QED) is 0.805. The Balaban J connectivity index is 1.62. The Hall–Kier alpha value is -0.220. The van der Waals surface area contributed by atoms with Crippen LogP contribution in [0.1, 0.15) is 46.0 Å². The molecule has 4 heteroatoms. The summed E-state index contributed by atoms with van der Waals surface area (Å²) in [6, 6.07) is 0. The van der Waals surface area contributed by atoms with Crippen molar-refractivity contribution in [3.63, 3.8) is 0 Å². The first-order chi connectivity index (χ1) is 8.83. The molecule has 2 unspecified atom stereocenters. The van der Waals surface area contributed by atoms with Gasteiger partial charge in [-0.2, -0.15) is 0 Å². The highest BCUT2D eigenvalue weighted by Crippen LogP contribution is 2.30. The topological polar surface area (TPSA) is 33.6 Å². The number of aliphatic imine (C=N–C) groups is 1. The van der Waals surface area contributed by atoms with E-state index in [0.29, 0.717) is 11.4 Å². The van der Waals surface area contributed by atoms with Crippen LogP contribution in [-0.4, -0.2) is 36.2 Å². The predicted molar refractivity (Wildman–Crippen MR) is 79.3 cm³/mol. The van der Waals surface area contributed by atoms with Gasteiger partial charge in [-0.15, -0.1) is 0 Å². The minimum atomic E-state index is 0.485. The van der Waals surface area contributed by atoms with Crippen LogP contribution < -0.4 is 5.32 Å². The normalized spacial score (nSPS) is 27.8. The molecule has 0 aromatic rings. The van der Waals surface area contributed by atoms with Gasteiger partial charge >= 0.3 is 0 Å². The molecule has 0 bridgehead atoms. The van der Waals surface area contributed by atoms with Crippen LogP contribution in [0.4, 0.5) is 0 Å². The van der Waals surface area contributed by atoms with Gasteiger partial charge in [0.1, 0.15) is 0 Å². The summed E-state index contributed by atoms with van der Waals surface area (Å²) in [6.07, 6.45) is 6.61. The second-order valence-corrected chi connectivity index (χ2v) is 6.46. The average Bonchev–Trinajstić information content (AvgIpc) is 3.03. The van der Waals surface area contributed by atoms with Crippen LogP contribution in [-0.2, 0) is 4.74 Å². The van der Waals surface area contributed by atoms with Crippen LogP contribution in [0.2, 0.25) is 0 Å². The average molecular weight is 270 g/mol. The minimum absolute atomic E-state index is 0.485. The molecule has 3 nitrogen and oxygen atoms in total. The van der Waals surface area contributed by atoms with Gasteiger partial charge in [-0.25, -0.2) is 0 Å². The van der Waals surface area contributed by atoms with Crippen molar-refractivity contribution < 1.29 is 4.74 Å². The Morgan fingerprint density at radius 2 is 2.28 bits per heavy atom. The van der Waals surface area contributed by atoms with Crippen molar-refractivity contribution >= 4 is 16.9 Å². The van der Waals surface area contributed by atoms with E-state index in [2.05, 4.69) is 24.2 Å². The third kappa shape index (κ3) is 3.89. The third-order valence-corrected chi connectivity index (χ3v) is 5.35. The van der Waals surface area contributed by atoms with E-state index >= 15 is 0 Å². The zero-order valence-electron chi connectivity index (χ0n) is 11.7. The van der Waals surface area contributed by atoms with Gasteiger partial charge in [0.25, 0.3) is 0 Å². The maximum Gasteiger partial charge on any atom is 0.156 e.